The second-order valence-electron chi connectivity index (χ2n) is 3.17. The van der Waals surface area contributed by atoms with E-state index in [2.05, 4.69) is 10.3 Å². The molecule has 72 valence electrons. The third-order valence-electron chi connectivity index (χ3n) is 2.19. The minimum Gasteiger partial charge on any atom is -0.478 e. The first-order chi connectivity index (χ1) is 6.59. The molecule has 0 atom stereocenters. The summed E-state index contributed by atoms with van der Waals surface area (Å²) in [6.07, 6.45) is 0. The van der Waals surface area contributed by atoms with Crippen LogP contribution in [-0.4, -0.2) is 26.1 Å². The van der Waals surface area contributed by atoms with Crippen LogP contribution in [0.25, 0.3) is 11.0 Å². The van der Waals surface area contributed by atoms with Gasteiger partial charge in [0.2, 0.25) is 0 Å². The number of hydrogen-bond donors (Lipinski definition) is 1. The molecule has 0 saturated carbocycles. The van der Waals surface area contributed by atoms with E-state index in [4.69, 9.17) is 5.11 Å². The fourth-order valence-electron chi connectivity index (χ4n) is 1.41. The molecule has 1 N–H and O–H groups in total. The van der Waals surface area contributed by atoms with Gasteiger partial charge in [-0.05, 0) is 24.6 Å². The van der Waals surface area contributed by atoms with Crippen LogP contribution in [0.5, 0.6) is 0 Å². The minimum atomic E-state index is -0.925. The van der Waals surface area contributed by atoms with Crippen LogP contribution < -0.4 is 0 Å². The molecule has 0 aliphatic rings. The highest BCUT2D eigenvalue weighted by Gasteiger charge is 2.11. The number of rotatable bonds is 1. The van der Waals surface area contributed by atoms with Crippen LogP contribution in [0.4, 0.5) is 0 Å². The minimum absolute atomic E-state index is 0.294. The number of fused-ring (bicyclic) bond motifs is 1. The average Bonchev–Trinajstić information content (AvgIpc) is 2.46. The molecule has 0 fully saturated rings. The molecule has 0 radical (unpaired) electrons. The van der Waals surface area contributed by atoms with E-state index in [0.29, 0.717) is 11.1 Å². The zero-order valence-corrected chi connectivity index (χ0v) is 7.85. The number of carboxylic acid groups (broad SMARTS) is 1. The van der Waals surface area contributed by atoms with Crippen LogP contribution in [-0.2, 0) is 7.05 Å². The normalized spacial score (nSPS) is 10.7. The summed E-state index contributed by atoms with van der Waals surface area (Å²) in [7, 11) is 1.73. The Labute approximate surface area is 80.0 Å². The number of aryl methyl sites for hydroxylation is 2. The van der Waals surface area contributed by atoms with Crippen molar-refractivity contribution in [3.63, 3.8) is 0 Å². The van der Waals surface area contributed by atoms with Gasteiger partial charge in [0.1, 0.15) is 5.52 Å². The molecule has 2 aromatic rings. The first-order valence-electron chi connectivity index (χ1n) is 4.13. The van der Waals surface area contributed by atoms with E-state index in [1.54, 1.807) is 30.8 Å². The monoisotopic (exact) mass is 191 g/mol. The van der Waals surface area contributed by atoms with E-state index >= 15 is 0 Å². The lowest BCUT2D eigenvalue weighted by molar-refractivity contribution is 0.0696. The molecule has 1 aromatic heterocycles. The molecular weight excluding hydrogens is 182 g/mol. The Morgan fingerprint density at radius 3 is 2.86 bits per heavy atom. The lowest BCUT2D eigenvalue weighted by atomic mass is 10.1. The molecule has 0 aliphatic carbocycles. The summed E-state index contributed by atoms with van der Waals surface area (Å²) >= 11 is 0. The summed E-state index contributed by atoms with van der Waals surface area (Å²) in [5.41, 5.74) is 2.44. The van der Waals surface area contributed by atoms with Gasteiger partial charge in [-0.3, -0.25) is 0 Å². The van der Waals surface area contributed by atoms with Gasteiger partial charge in [0.15, 0.2) is 0 Å². The van der Waals surface area contributed by atoms with E-state index in [9.17, 15) is 4.79 Å². The molecule has 0 saturated heterocycles. The zero-order chi connectivity index (χ0) is 10.3. The van der Waals surface area contributed by atoms with Crippen LogP contribution in [0.2, 0.25) is 0 Å². The van der Waals surface area contributed by atoms with Crippen molar-refractivity contribution in [2.75, 3.05) is 0 Å². The second kappa shape index (κ2) is 2.80. The standard InChI is InChI=1S/C9H9N3O2/c1-5-3-7-8(12(2)11-10-7)4-6(5)9(13)14/h3-4H,1-2H3,(H,13,14). The third-order valence-corrected chi connectivity index (χ3v) is 2.19. The van der Waals surface area contributed by atoms with Gasteiger partial charge in [0.05, 0.1) is 11.1 Å². The molecule has 5 nitrogen and oxygen atoms in total. The summed E-state index contributed by atoms with van der Waals surface area (Å²) in [6.45, 7) is 1.75. The van der Waals surface area contributed by atoms with Crippen molar-refractivity contribution in [1.29, 1.82) is 0 Å². The molecule has 0 unspecified atom stereocenters. The predicted molar refractivity (Wildman–Crippen MR) is 50.2 cm³/mol. The van der Waals surface area contributed by atoms with Crippen LogP contribution >= 0.6 is 0 Å². The average molecular weight is 191 g/mol. The van der Waals surface area contributed by atoms with Crippen LogP contribution in [0.1, 0.15) is 15.9 Å². The summed E-state index contributed by atoms with van der Waals surface area (Å²) in [5, 5.41) is 16.6. The lowest BCUT2D eigenvalue weighted by Gasteiger charge is -2.00. The third kappa shape index (κ3) is 1.14. The number of carbonyl (C=O) groups is 1. The molecule has 2 rings (SSSR count). The quantitative estimate of drug-likeness (QED) is 0.729. The van der Waals surface area contributed by atoms with Crippen molar-refractivity contribution in [1.82, 2.24) is 15.0 Å². The van der Waals surface area contributed by atoms with Gasteiger partial charge in [0, 0.05) is 7.05 Å². The number of aromatic carboxylic acids is 1. The molecule has 0 bridgehead atoms. The van der Waals surface area contributed by atoms with E-state index < -0.39 is 5.97 Å². The van der Waals surface area contributed by atoms with Crippen molar-refractivity contribution in [2.45, 2.75) is 6.92 Å². The molecule has 0 aliphatic heterocycles. The number of benzene rings is 1. The highest BCUT2D eigenvalue weighted by Crippen LogP contribution is 2.16. The Morgan fingerprint density at radius 1 is 1.50 bits per heavy atom. The molecule has 1 aromatic carbocycles. The van der Waals surface area contributed by atoms with E-state index in [1.807, 2.05) is 0 Å². The Morgan fingerprint density at radius 2 is 2.21 bits per heavy atom. The number of carboxylic acids is 1. The largest absolute Gasteiger partial charge is 0.478 e. The molecule has 0 spiro atoms. The zero-order valence-electron chi connectivity index (χ0n) is 7.85. The van der Waals surface area contributed by atoms with Gasteiger partial charge in [0.25, 0.3) is 0 Å². The first kappa shape index (κ1) is 8.68. The van der Waals surface area contributed by atoms with E-state index in [0.717, 1.165) is 11.0 Å². The van der Waals surface area contributed by atoms with Crippen molar-refractivity contribution >= 4 is 17.0 Å². The predicted octanol–water partition coefficient (Wildman–Crippen LogP) is 0.975. The number of aromatic nitrogens is 3. The summed E-state index contributed by atoms with van der Waals surface area (Å²) in [6, 6.07) is 3.32. The van der Waals surface area contributed by atoms with Gasteiger partial charge >= 0.3 is 5.97 Å². The van der Waals surface area contributed by atoms with Gasteiger partial charge in [-0.25, -0.2) is 9.48 Å². The Bertz CT molecular complexity index is 516. The van der Waals surface area contributed by atoms with Crippen molar-refractivity contribution in [3.05, 3.63) is 23.3 Å². The summed E-state index contributed by atoms with van der Waals surface area (Å²) in [5.74, 6) is -0.925. The first-order valence-corrected chi connectivity index (χ1v) is 4.13. The Kier molecular flexibility index (Phi) is 1.73. The van der Waals surface area contributed by atoms with E-state index in [-0.39, 0.29) is 0 Å². The maximum Gasteiger partial charge on any atom is 0.336 e. The molecule has 5 heteroatoms. The second-order valence-corrected chi connectivity index (χ2v) is 3.17. The summed E-state index contributed by atoms with van der Waals surface area (Å²) < 4.78 is 1.56. The van der Waals surface area contributed by atoms with Gasteiger partial charge in [-0.15, -0.1) is 5.10 Å². The fourth-order valence-corrected chi connectivity index (χ4v) is 1.41. The lowest BCUT2D eigenvalue weighted by Crippen LogP contribution is -2.00. The van der Waals surface area contributed by atoms with Crippen LogP contribution in [0, 0.1) is 6.92 Å². The summed E-state index contributed by atoms with van der Waals surface area (Å²) in [4.78, 5) is 10.8. The number of hydrogen-bond acceptors (Lipinski definition) is 3. The van der Waals surface area contributed by atoms with Crippen molar-refractivity contribution in [2.24, 2.45) is 7.05 Å². The van der Waals surface area contributed by atoms with Gasteiger partial charge in [-0.1, -0.05) is 5.21 Å². The van der Waals surface area contributed by atoms with E-state index in [1.165, 1.54) is 0 Å². The fraction of sp³-hybridized carbons (Fsp3) is 0.222. The molecule has 0 amide bonds. The molecule has 14 heavy (non-hydrogen) atoms. The number of nitrogens with zero attached hydrogens (tertiary/aromatic N) is 3. The van der Waals surface area contributed by atoms with Gasteiger partial charge < -0.3 is 5.11 Å². The maximum atomic E-state index is 10.8. The Balaban J connectivity index is 2.80. The Hall–Kier alpha value is -1.91. The highest BCUT2D eigenvalue weighted by atomic mass is 16.4. The smallest absolute Gasteiger partial charge is 0.336 e. The highest BCUT2D eigenvalue weighted by molar-refractivity contribution is 5.94. The SMILES string of the molecule is Cc1cc2nnn(C)c2cc1C(=O)O. The van der Waals surface area contributed by atoms with Gasteiger partial charge in [-0.2, -0.15) is 0 Å². The molecule has 1 heterocycles. The van der Waals surface area contributed by atoms with Crippen LogP contribution in [0.15, 0.2) is 12.1 Å². The maximum absolute atomic E-state index is 10.8. The van der Waals surface area contributed by atoms with Crippen LogP contribution in [0.3, 0.4) is 0 Å². The van der Waals surface area contributed by atoms with Crippen molar-refractivity contribution in [3.8, 4) is 0 Å². The molecular formula is C9H9N3O2. The van der Waals surface area contributed by atoms with Crippen molar-refractivity contribution < 1.29 is 9.90 Å². The topological polar surface area (TPSA) is 68.0 Å².